The lowest BCUT2D eigenvalue weighted by atomic mass is 10.2. The lowest BCUT2D eigenvalue weighted by molar-refractivity contribution is -0.142. The first-order valence-electron chi connectivity index (χ1n) is 7.19. The van der Waals surface area contributed by atoms with E-state index in [2.05, 4.69) is 14.7 Å². The Kier molecular flexibility index (Phi) is 5.32. The Hall–Kier alpha value is -1.89. The summed E-state index contributed by atoms with van der Waals surface area (Å²) in [5, 5.41) is 4.11. The summed E-state index contributed by atoms with van der Waals surface area (Å²) >= 11 is 0. The maximum absolute atomic E-state index is 12.4. The van der Waals surface area contributed by atoms with Gasteiger partial charge in [-0.15, -0.1) is 0 Å². The van der Waals surface area contributed by atoms with Gasteiger partial charge in [-0.1, -0.05) is 0 Å². The largest absolute Gasteiger partial charge is 0.469 e. The fraction of sp³-hybridized carbons (Fsp3) is 0.643. The molecule has 1 fully saturated rings. The number of hydrogen-bond acceptors (Lipinski definition) is 5. The summed E-state index contributed by atoms with van der Waals surface area (Å²) < 4.78 is 6.31. The van der Waals surface area contributed by atoms with Crippen LogP contribution in [-0.4, -0.2) is 71.3 Å². The lowest BCUT2D eigenvalue weighted by Crippen LogP contribution is -2.50. The number of hydrogen-bond donors (Lipinski definition) is 0. The highest BCUT2D eigenvalue weighted by Gasteiger charge is 2.26. The van der Waals surface area contributed by atoms with Crippen molar-refractivity contribution in [3.63, 3.8) is 0 Å². The zero-order valence-electron chi connectivity index (χ0n) is 12.6. The molecule has 1 unspecified atom stereocenters. The van der Waals surface area contributed by atoms with Crippen LogP contribution in [0.1, 0.15) is 19.4 Å². The van der Waals surface area contributed by atoms with Gasteiger partial charge in [-0.2, -0.15) is 5.10 Å². The summed E-state index contributed by atoms with van der Waals surface area (Å²) in [6, 6.07) is 1.54. The third kappa shape index (κ3) is 4.04. The Bertz CT molecular complexity index is 467. The van der Waals surface area contributed by atoms with Crippen LogP contribution >= 0.6 is 0 Å². The average molecular weight is 294 g/mol. The third-order valence-electron chi connectivity index (χ3n) is 3.82. The van der Waals surface area contributed by atoms with Gasteiger partial charge in [-0.25, -0.2) is 0 Å². The summed E-state index contributed by atoms with van der Waals surface area (Å²) in [7, 11) is 1.40. The first-order valence-corrected chi connectivity index (χ1v) is 7.19. The zero-order chi connectivity index (χ0) is 15.2. The summed E-state index contributed by atoms with van der Waals surface area (Å²) in [5.74, 6) is -0.105. The van der Waals surface area contributed by atoms with Gasteiger partial charge in [0.15, 0.2) is 0 Å². The molecule has 0 aliphatic carbocycles. The van der Waals surface area contributed by atoms with E-state index in [1.54, 1.807) is 17.1 Å². The van der Waals surface area contributed by atoms with Gasteiger partial charge in [0.2, 0.25) is 5.91 Å². The molecule has 0 N–H and O–H groups in total. The highest BCUT2D eigenvalue weighted by Crippen LogP contribution is 2.11. The van der Waals surface area contributed by atoms with Crippen LogP contribution in [0.5, 0.6) is 0 Å². The number of rotatable bonds is 5. The molecule has 1 amide bonds. The van der Waals surface area contributed by atoms with Crippen LogP contribution in [0.2, 0.25) is 0 Å². The van der Waals surface area contributed by atoms with E-state index in [0.29, 0.717) is 26.1 Å². The van der Waals surface area contributed by atoms with Crippen molar-refractivity contribution in [3.8, 4) is 0 Å². The Balaban J connectivity index is 1.78. The zero-order valence-corrected chi connectivity index (χ0v) is 12.6. The molecule has 2 heterocycles. The summed E-state index contributed by atoms with van der Waals surface area (Å²) in [5.41, 5.74) is 0. The normalized spacial score (nSPS) is 17.5. The second kappa shape index (κ2) is 7.21. The number of aromatic nitrogens is 2. The van der Waals surface area contributed by atoms with Gasteiger partial charge >= 0.3 is 5.97 Å². The van der Waals surface area contributed by atoms with E-state index in [4.69, 9.17) is 0 Å². The predicted octanol–water partition coefficient (Wildman–Crippen LogP) is 0.151. The number of esters is 1. The maximum atomic E-state index is 12.4. The number of methoxy groups -OCH3 is 1. The molecule has 1 aliphatic rings. The quantitative estimate of drug-likeness (QED) is 0.723. The highest BCUT2D eigenvalue weighted by atomic mass is 16.5. The monoisotopic (exact) mass is 294 g/mol. The van der Waals surface area contributed by atoms with E-state index in [1.807, 2.05) is 17.9 Å². The Morgan fingerprint density at radius 2 is 2.00 bits per heavy atom. The van der Waals surface area contributed by atoms with Crippen LogP contribution in [0.3, 0.4) is 0 Å². The van der Waals surface area contributed by atoms with E-state index in [-0.39, 0.29) is 17.9 Å². The fourth-order valence-corrected chi connectivity index (χ4v) is 2.43. The number of amides is 1. The molecule has 7 nitrogen and oxygen atoms in total. The molecule has 0 saturated carbocycles. The SMILES string of the molecule is COC(=O)CCN1CCN(C(=O)C(C)n2cccn2)CC1. The van der Waals surface area contributed by atoms with Crippen molar-refractivity contribution in [2.24, 2.45) is 0 Å². The predicted molar refractivity (Wildman–Crippen MR) is 76.6 cm³/mol. The van der Waals surface area contributed by atoms with Crippen molar-refractivity contribution in [2.75, 3.05) is 39.8 Å². The van der Waals surface area contributed by atoms with Crippen LogP contribution in [-0.2, 0) is 14.3 Å². The van der Waals surface area contributed by atoms with Crippen molar-refractivity contribution in [1.29, 1.82) is 0 Å². The molecule has 0 aromatic carbocycles. The number of nitrogens with zero attached hydrogens (tertiary/aromatic N) is 4. The Morgan fingerprint density at radius 3 is 2.57 bits per heavy atom. The molecule has 1 aromatic rings. The van der Waals surface area contributed by atoms with Crippen LogP contribution < -0.4 is 0 Å². The molecule has 0 bridgehead atoms. The first-order chi connectivity index (χ1) is 10.1. The molecule has 1 aromatic heterocycles. The van der Waals surface area contributed by atoms with Crippen LogP contribution in [0.25, 0.3) is 0 Å². The summed E-state index contributed by atoms with van der Waals surface area (Å²) in [4.78, 5) is 27.6. The van der Waals surface area contributed by atoms with Crippen molar-refractivity contribution in [1.82, 2.24) is 19.6 Å². The number of ether oxygens (including phenoxy) is 1. The van der Waals surface area contributed by atoms with Crippen molar-refractivity contribution < 1.29 is 14.3 Å². The summed E-state index contributed by atoms with van der Waals surface area (Å²) in [6.45, 7) is 5.49. The average Bonchev–Trinajstić information content (AvgIpc) is 3.06. The fourth-order valence-electron chi connectivity index (χ4n) is 2.43. The molecular weight excluding hydrogens is 272 g/mol. The molecule has 116 valence electrons. The minimum Gasteiger partial charge on any atom is -0.469 e. The smallest absolute Gasteiger partial charge is 0.306 e. The maximum Gasteiger partial charge on any atom is 0.306 e. The van der Waals surface area contributed by atoms with E-state index < -0.39 is 0 Å². The van der Waals surface area contributed by atoms with Crippen molar-refractivity contribution in [2.45, 2.75) is 19.4 Å². The van der Waals surface area contributed by atoms with Crippen molar-refractivity contribution in [3.05, 3.63) is 18.5 Å². The van der Waals surface area contributed by atoms with Gasteiger partial charge in [-0.05, 0) is 13.0 Å². The molecule has 0 radical (unpaired) electrons. The number of piperazine rings is 1. The standard InChI is InChI=1S/C14H22N4O3/c1-12(18-6-3-5-15-18)14(20)17-10-8-16(9-11-17)7-4-13(19)21-2/h3,5-6,12H,4,7-11H2,1-2H3. The van der Waals surface area contributed by atoms with Gasteiger partial charge in [-0.3, -0.25) is 19.2 Å². The molecule has 1 atom stereocenters. The van der Waals surface area contributed by atoms with Crippen LogP contribution in [0.4, 0.5) is 0 Å². The first kappa shape index (κ1) is 15.5. The number of carbonyl (C=O) groups is 2. The van der Waals surface area contributed by atoms with E-state index in [0.717, 1.165) is 13.1 Å². The molecule has 0 spiro atoms. The lowest BCUT2D eigenvalue weighted by Gasteiger charge is -2.35. The van der Waals surface area contributed by atoms with Gasteiger partial charge in [0.25, 0.3) is 0 Å². The Morgan fingerprint density at radius 1 is 1.29 bits per heavy atom. The van der Waals surface area contributed by atoms with Gasteiger partial charge in [0, 0.05) is 45.1 Å². The van der Waals surface area contributed by atoms with E-state index >= 15 is 0 Å². The van der Waals surface area contributed by atoms with Crippen LogP contribution in [0, 0.1) is 0 Å². The molecular formula is C14H22N4O3. The minimum absolute atomic E-state index is 0.0892. The minimum atomic E-state index is -0.276. The second-order valence-electron chi connectivity index (χ2n) is 5.16. The summed E-state index contributed by atoms with van der Waals surface area (Å²) in [6.07, 6.45) is 3.87. The molecule has 1 aliphatic heterocycles. The van der Waals surface area contributed by atoms with E-state index in [9.17, 15) is 9.59 Å². The van der Waals surface area contributed by atoms with E-state index in [1.165, 1.54) is 7.11 Å². The highest BCUT2D eigenvalue weighted by molar-refractivity contribution is 5.80. The molecule has 7 heteroatoms. The molecule has 1 saturated heterocycles. The van der Waals surface area contributed by atoms with Crippen LogP contribution in [0.15, 0.2) is 18.5 Å². The van der Waals surface area contributed by atoms with Gasteiger partial charge < -0.3 is 9.64 Å². The number of carbonyl (C=O) groups excluding carboxylic acids is 2. The van der Waals surface area contributed by atoms with Crippen molar-refractivity contribution >= 4 is 11.9 Å². The van der Waals surface area contributed by atoms with Gasteiger partial charge in [0.05, 0.1) is 13.5 Å². The molecule has 2 rings (SSSR count). The molecule has 21 heavy (non-hydrogen) atoms. The second-order valence-corrected chi connectivity index (χ2v) is 5.16. The topological polar surface area (TPSA) is 67.7 Å². The third-order valence-corrected chi connectivity index (χ3v) is 3.82. The Labute approximate surface area is 124 Å². The van der Waals surface area contributed by atoms with Gasteiger partial charge in [0.1, 0.15) is 6.04 Å².